The lowest BCUT2D eigenvalue weighted by Crippen LogP contribution is -2.30. The van der Waals surface area contributed by atoms with Crippen LogP contribution in [-0.4, -0.2) is 24.6 Å². The van der Waals surface area contributed by atoms with E-state index in [1.54, 1.807) is 24.3 Å². The molecule has 1 amide bonds. The Hall–Kier alpha value is -2.89. The molecular formula is C18H18FNO4. The van der Waals surface area contributed by atoms with Crippen LogP contribution in [-0.2, 0) is 9.53 Å². The van der Waals surface area contributed by atoms with Gasteiger partial charge in [-0.2, -0.15) is 0 Å². The molecule has 0 aliphatic heterocycles. The Morgan fingerprint density at radius 2 is 1.79 bits per heavy atom. The molecule has 6 heteroatoms. The van der Waals surface area contributed by atoms with Crippen LogP contribution in [0.4, 0.5) is 10.1 Å². The van der Waals surface area contributed by atoms with E-state index in [4.69, 9.17) is 9.47 Å². The maximum Gasteiger partial charge on any atom is 0.341 e. The summed E-state index contributed by atoms with van der Waals surface area (Å²) in [5.74, 6) is -1.40. The first kappa shape index (κ1) is 17.5. The van der Waals surface area contributed by atoms with Gasteiger partial charge in [-0.3, -0.25) is 4.79 Å². The molecule has 0 aliphatic carbocycles. The van der Waals surface area contributed by atoms with Crippen molar-refractivity contribution in [2.45, 2.75) is 20.0 Å². The maximum atomic E-state index is 13.5. The molecule has 0 fully saturated rings. The van der Waals surface area contributed by atoms with E-state index in [1.807, 2.05) is 6.92 Å². The zero-order valence-corrected chi connectivity index (χ0v) is 13.4. The number of benzene rings is 2. The highest BCUT2D eigenvalue weighted by atomic mass is 19.1. The fourth-order valence-corrected chi connectivity index (χ4v) is 1.95. The third kappa shape index (κ3) is 4.55. The SMILES string of the molecule is CCOc1ccc(NC(=O)[C@@H](C)OC(=O)c2ccccc2F)cc1. The first-order valence-electron chi connectivity index (χ1n) is 7.50. The molecule has 126 valence electrons. The molecule has 0 saturated heterocycles. The van der Waals surface area contributed by atoms with Gasteiger partial charge in [0.15, 0.2) is 6.10 Å². The van der Waals surface area contributed by atoms with Crippen molar-refractivity contribution in [2.75, 3.05) is 11.9 Å². The number of hydrogen-bond donors (Lipinski definition) is 1. The average molecular weight is 331 g/mol. The van der Waals surface area contributed by atoms with Crippen LogP contribution in [0.1, 0.15) is 24.2 Å². The summed E-state index contributed by atoms with van der Waals surface area (Å²) in [6, 6.07) is 12.2. The molecule has 0 aliphatic rings. The Bertz CT molecular complexity index is 715. The number of carbonyl (C=O) groups excluding carboxylic acids is 2. The van der Waals surface area contributed by atoms with E-state index in [1.165, 1.54) is 25.1 Å². The molecule has 0 aromatic heterocycles. The molecule has 0 unspecified atom stereocenters. The molecule has 2 rings (SSSR count). The number of anilines is 1. The molecule has 0 spiro atoms. The van der Waals surface area contributed by atoms with Gasteiger partial charge in [-0.15, -0.1) is 0 Å². The molecule has 0 bridgehead atoms. The summed E-state index contributed by atoms with van der Waals surface area (Å²) in [6.07, 6.45) is -1.07. The highest BCUT2D eigenvalue weighted by Crippen LogP contribution is 2.16. The van der Waals surface area contributed by atoms with Gasteiger partial charge in [0.1, 0.15) is 11.6 Å². The largest absolute Gasteiger partial charge is 0.494 e. The van der Waals surface area contributed by atoms with Crippen LogP contribution >= 0.6 is 0 Å². The number of hydrogen-bond acceptors (Lipinski definition) is 4. The fraction of sp³-hybridized carbons (Fsp3) is 0.222. The van der Waals surface area contributed by atoms with E-state index in [0.717, 1.165) is 6.07 Å². The van der Waals surface area contributed by atoms with Crippen molar-refractivity contribution in [3.8, 4) is 5.75 Å². The van der Waals surface area contributed by atoms with E-state index in [2.05, 4.69) is 5.32 Å². The van der Waals surface area contributed by atoms with Crippen LogP contribution in [0.25, 0.3) is 0 Å². The smallest absolute Gasteiger partial charge is 0.341 e. The Morgan fingerprint density at radius 3 is 2.42 bits per heavy atom. The zero-order valence-electron chi connectivity index (χ0n) is 13.4. The van der Waals surface area contributed by atoms with E-state index in [9.17, 15) is 14.0 Å². The molecule has 0 heterocycles. The van der Waals surface area contributed by atoms with Crippen molar-refractivity contribution >= 4 is 17.6 Å². The van der Waals surface area contributed by atoms with Crippen LogP contribution < -0.4 is 10.1 Å². The minimum atomic E-state index is -1.07. The van der Waals surface area contributed by atoms with E-state index in [-0.39, 0.29) is 5.56 Å². The summed E-state index contributed by atoms with van der Waals surface area (Å²) < 4.78 is 23.8. The van der Waals surface area contributed by atoms with Crippen LogP contribution in [0.2, 0.25) is 0 Å². The molecule has 0 saturated carbocycles. The van der Waals surface area contributed by atoms with Crippen molar-refractivity contribution in [2.24, 2.45) is 0 Å². The number of ether oxygens (including phenoxy) is 2. The minimum Gasteiger partial charge on any atom is -0.494 e. The van der Waals surface area contributed by atoms with Crippen molar-refractivity contribution in [1.82, 2.24) is 0 Å². The normalized spacial score (nSPS) is 11.5. The van der Waals surface area contributed by atoms with Gasteiger partial charge >= 0.3 is 5.97 Å². The molecule has 24 heavy (non-hydrogen) atoms. The van der Waals surface area contributed by atoms with Crippen molar-refractivity contribution in [3.63, 3.8) is 0 Å². The number of nitrogens with one attached hydrogen (secondary N) is 1. The van der Waals surface area contributed by atoms with Crippen LogP contribution in [0.15, 0.2) is 48.5 Å². The first-order chi connectivity index (χ1) is 11.5. The van der Waals surface area contributed by atoms with Gasteiger partial charge < -0.3 is 14.8 Å². The summed E-state index contributed by atoms with van der Waals surface area (Å²) in [5, 5.41) is 2.62. The number of amides is 1. The Balaban J connectivity index is 1.94. The van der Waals surface area contributed by atoms with Crippen LogP contribution in [0.3, 0.4) is 0 Å². The maximum absolute atomic E-state index is 13.5. The summed E-state index contributed by atoms with van der Waals surface area (Å²) in [6.45, 7) is 3.85. The average Bonchev–Trinajstić information content (AvgIpc) is 2.57. The van der Waals surface area contributed by atoms with Crippen LogP contribution in [0, 0.1) is 5.82 Å². The lowest BCUT2D eigenvalue weighted by Gasteiger charge is -2.14. The Labute approximate surface area is 139 Å². The van der Waals surface area contributed by atoms with E-state index >= 15 is 0 Å². The van der Waals surface area contributed by atoms with Crippen molar-refractivity contribution < 1.29 is 23.5 Å². The molecule has 2 aromatic carbocycles. The molecule has 2 aromatic rings. The summed E-state index contributed by atoms with van der Waals surface area (Å²) >= 11 is 0. The monoisotopic (exact) mass is 331 g/mol. The lowest BCUT2D eigenvalue weighted by molar-refractivity contribution is -0.123. The highest BCUT2D eigenvalue weighted by molar-refractivity contribution is 5.97. The van der Waals surface area contributed by atoms with Gasteiger partial charge in [-0.1, -0.05) is 12.1 Å². The topological polar surface area (TPSA) is 64.6 Å². The van der Waals surface area contributed by atoms with E-state index < -0.39 is 23.8 Å². The summed E-state index contributed by atoms with van der Waals surface area (Å²) in [5.41, 5.74) is 0.329. The molecule has 1 atom stereocenters. The minimum absolute atomic E-state index is 0.210. The second-order valence-corrected chi connectivity index (χ2v) is 4.97. The molecule has 0 radical (unpaired) electrons. The van der Waals surface area contributed by atoms with Crippen molar-refractivity contribution in [1.29, 1.82) is 0 Å². The molecule has 1 N–H and O–H groups in total. The standard InChI is InChI=1S/C18H18FNO4/c1-3-23-14-10-8-13(9-11-14)20-17(21)12(2)24-18(22)15-6-4-5-7-16(15)19/h4-12H,3H2,1-2H3,(H,20,21)/t12-/m1/s1. The second-order valence-electron chi connectivity index (χ2n) is 4.97. The summed E-state index contributed by atoms with van der Waals surface area (Å²) in [7, 11) is 0. The quantitative estimate of drug-likeness (QED) is 0.824. The van der Waals surface area contributed by atoms with Gasteiger partial charge in [-0.05, 0) is 50.2 Å². The van der Waals surface area contributed by atoms with Crippen molar-refractivity contribution in [3.05, 3.63) is 59.9 Å². The number of carbonyl (C=O) groups is 2. The predicted octanol–water partition coefficient (Wildman–Crippen LogP) is 3.41. The third-order valence-electron chi connectivity index (χ3n) is 3.18. The first-order valence-corrected chi connectivity index (χ1v) is 7.50. The molecular weight excluding hydrogens is 313 g/mol. The summed E-state index contributed by atoms with van der Waals surface area (Å²) in [4.78, 5) is 24.0. The second kappa shape index (κ2) is 8.10. The Kier molecular flexibility index (Phi) is 5.89. The van der Waals surface area contributed by atoms with Gasteiger partial charge in [0.25, 0.3) is 5.91 Å². The van der Waals surface area contributed by atoms with Gasteiger partial charge in [0, 0.05) is 5.69 Å². The third-order valence-corrected chi connectivity index (χ3v) is 3.18. The van der Waals surface area contributed by atoms with Gasteiger partial charge in [0.05, 0.1) is 12.2 Å². The fourth-order valence-electron chi connectivity index (χ4n) is 1.95. The number of esters is 1. The number of rotatable bonds is 6. The number of halogens is 1. The predicted molar refractivity (Wildman–Crippen MR) is 87.5 cm³/mol. The van der Waals surface area contributed by atoms with E-state index in [0.29, 0.717) is 18.0 Å². The highest BCUT2D eigenvalue weighted by Gasteiger charge is 2.20. The van der Waals surface area contributed by atoms with Gasteiger partial charge in [-0.25, -0.2) is 9.18 Å². The van der Waals surface area contributed by atoms with Crippen LogP contribution in [0.5, 0.6) is 5.75 Å². The zero-order chi connectivity index (χ0) is 17.5. The van der Waals surface area contributed by atoms with Gasteiger partial charge in [0.2, 0.25) is 0 Å². The molecule has 5 nitrogen and oxygen atoms in total. The lowest BCUT2D eigenvalue weighted by atomic mass is 10.2. The Morgan fingerprint density at radius 1 is 1.12 bits per heavy atom.